The number of likely N-dealkylation sites (tertiary alicyclic amines) is 2. The molecular weight excluding hydrogens is 524 g/mol. The Morgan fingerprint density at radius 3 is 2.54 bits per heavy atom. The van der Waals surface area contributed by atoms with Crippen LogP contribution in [-0.4, -0.2) is 122 Å². The molecule has 3 aliphatic heterocycles. The summed E-state index contributed by atoms with van der Waals surface area (Å²) in [6, 6.07) is 5.29. The molecule has 0 aromatic heterocycles. The van der Waals surface area contributed by atoms with Gasteiger partial charge in [0, 0.05) is 51.1 Å². The highest BCUT2D eigenvalue weighted by Crippen LogP contribution is 2.42. The lowest BCUT2D eigenvalue weighted by Gasteiger charge is -2.31. The molecule has 3 heterocycles. The highest BCUT2D eigenvalue weighted by Gasteiger charge is 2.47. The van der Waals surface area contributed by atoms with E-state index in [2.05, 4.69) is 33.0 Å². The number of carbonyl (C=O) groups is 3. The molecule has 3 aliphatic rings. The Bertz CT molecular complexity index is 1070. The molecule has 0 spiro atoms. The average Bonchev–Trinajstić information content (AvgIpc) is 3.64. The number of fused-ring (bicyclic) bond motifs is 1. The first kappa shape index (κ1) is 31.1. The van der Waals surface area contributed by atoms with Gasteiger partial charge >= 0.3 is 5.97 Å². The van der Waals surface area contributed by atoms with Crippen LogP contribution in [0.25, 0.3) is 0 Å². The standard InChI is InChI=1S/C31H48N4O6/c1-5-6-14-32(15-7-8-18-35(2,3)4)29(37)21-34-20-24(23-11-12-26-27(19-23)41-22-40-26)30(31(38)39)25(34)13-17-33-16-9-10-28(33)36/h11-12,19,24-25,30H,5-10,13-18,20-22H2,1-4H3/p+1/t24-,25+,30-/m1/s1. The lowest BCUT2D eigenvalue weighted by Crippen LogP contribution is -2.46. The van der Waals surface area contributed by atoms with Gasteiger partial charge in [-0.1, -0.05) is 19.4 Å². The molecule has 0 bridgehead atoms. The molecule has 4 rings (SSSR count). The Labute approximate surface area is 244 Å². The second kappa shape index (κ2) is 13.9. The van der Waals surface area contributed by atoms with E-state index in [0.717, 1.165) is 48.7 Å². The quantitative estimate of drug-likeness (QED) is 0.254. The number of unbranched alkanes of at least 4 members (excludes halogenated alkanes) is 2. The summed E-state index contributed by atoms with van der Waals surface area (Å²) in [6.07, 6.45) is 5.86. The van der Waals surface area contributed by atoms with Crippen molar-refractivity contribution in [3.63, 3.8) is 0 Å². The van der Waals surface area contributed by atoms with Gasteiger partial charge in [0.15, 0.2) is 11.5 Å². The third-order valence-corrected chi connectivity index (χ3v) is 8.70. The van der Waals surface area contributed by atoms with E-state index in [4.69, 9.17) is 9.47 Å². The van der Waals surface area contributed by atoms with Crippen LogP contribution in [0.2, 0.25) is 0 Å². The van der Waals surface area contributed by atoms with Crippen LogP contribution in [0.5, 0.6) is 11.5 Å². The van der Waals surface area contributed by atoms with Gasteiger partial charge in [-0.2, -0.15) is 0 Å². The lowest BCUT2D eigenvalue weighted by molar-refractivity contribution is -0.870. The zero-order chi connectivity index (χ0) is 29.6. The van der Waals surface area contributed by atoms with Crippen LogP contribution in [0.15, 0.2) is 18.2 Å². The summed E-state index contributed by atoms with van der Waals surface area (Å²) in [4.78, 5) is 44.8. The van der Waals surface area contributed by atoms with Crippen LogP contribution in [0.1, 0.15) is 63.4 Å². The van der Waals surface area contributed by atoms with Gasteiger partial charge in [-0.05, 0) is 49.8 Å². The molecule has 0 aliphatic carbocycles. The molecule has 2 amide bonds. The van der Waals surface area contributed by atoms with E-state index in [0.29, 0.717) is 57.1 Å². The fourth-order valence-corrected chi connectivity index (χ4v) is 6.44. The van der Waals surface area contributed by atoms with Crippen molar-refractivity contribution in [3.8, 4) is 11.5 Å². The van der Waals surface area contributed by atoms with E-state index in [1.807, 2.05) is 28.0 Å². The van der Waals surface area contributed by atoms with Crippen molar-refractivity contribution in [2.75, 3.05) is 73.7 Å². The Balaban J connectivity index is 1.52. The van der Waals surface area contributed by atoms with Crippen LogP contribution in [0.4, 0.5) is 0 Å². The summed E-state index contributed by atoms with van der Waals surface area (Å²) in [7, 11) is 6.54. The molecule has 10 nitrogen and oxygen atoms in total. The fraction of sp³-hybridized carbons (Fsp3) is 0.710. The molecule has 228 valence electrons. The molecule has 2 saturated heterocycles. The Kier molecular flexibility index (Phi) is 10.5. The van der Waals surface area contributed by atoms with E-state index < -0.39 is 11.9 Å². The van der Waals surface area contributed by atoms with E-state index in [9.17, 15) is 19.5 Å². The monoisotopic (exact) mass is 573 g/mol. The number of nitrogens with zero attached hydrogens (tertiary/aromatic N) is 4. The van der Waals surface area contributed by atoms with Crippen molar-refractivity contribution in [2.45, 2.75) is 63.8 Å². The molecule has 41 heavy (non-hydrogen) atoms. The second-order valence-electron chi connectivity index (χ2n) is 12.8. The summed E-state index contributed by atoms with van der Waals surface area (Å²) in [5, 5.41) is 10.5. The number of hydrogen-bond donors (Lipinski definition) is 1. The topological polar surface area (TPSA) is 99.6 Å². The number of carboxylic acids is 1. The number of ether oxygens (including phenoxy) is 2. The zero-order valence-electron chi connectivity index (χ0n) is 25.3. The Morgan fingerprint density at radius 2 is 1.85 bits per heavy atom. The van der Waals surface area contributed by atoms with E-state index >= 15 is 0 Å². The molecular formula is C31H49N4O6+. The smallest absolute Gasteiger partial charge is 0.308 e. The molecule has 1 aromatic rings. The van der Waals surface area contributed by atoms with Gasteiger partial charge in [0.05, 0.1) is 40.2 Å². The van der Waals surface area contributed by atoms with Gasteiger partial charge in [0.1, 0.15) is 0 Å². The van der Waals surface area contributed by atoms with Crippen molar-refractivity contribution in [3.05, 3.63) is 23.8 Å². The highest BCUT2D eigenvalue weighted by atomic mass is 16.7. The predicted octanol–water partition coefficient (Wildman–Crippen LogP) is 3.01. The first-order valence-corrected chi connectivity index (χ1v) is 15.3. The third kappa shape index (κ3) is 8.13. The van der Waals surface area contributed by atoms with Gasteiger partial charge < -0.3 is 28.9 Å². The normalized spacial score (nSPS) is 22.5. The van der Waals surface area contributed by atoms with Crippen molar-refractivity contribution in [1.29, 1.82) is 0 Å². The number of amides is 2. The van der Waals surface area contributed by atoms with Crippen molar-refractivity contribution < 1.29 is 33.4 Å². The molecule has 0 radical (unpaired) electrons. The molecule has 0 unspecified atom stereocenters. The third-order valence-electron chi connectivity index (χ3n) is 8.70. The van der Waals surface area contributed by atoms with Gasteiger partial charge in [-0.3, -0.25) is 19.3 Å². The minimum atomic E-state index is -0.872. The fourth-order valence-electron chi connectivity index (χ4n) is 6.44. The SMILES string of the molecule is CCCCN(CCCC[N+](C)(C)C)C(=O)CN1C[C@H](c2ccc3c(c2)OCO3)[C@@H](C(=O)O)[C@@H]1CCN1CCCC1=O. The minimum Gasteiger partial charge on any atom is -0.481 e. The summed E-state index contributed by atoms with van der Waals surface area (Å²) >= 11 is 0. The van der Waals surface area contributed by atoms with Crippen molar-refractivity contribution in [1.82, 2.24) is 14.7 Å². The maximum Gasteiger partial charge on any atom is 0.308 e. The predicted molar refractivity (Wildman–Crippen MR) is 156 cm³/mol. The largest absolute Gasteiger partial charge is 0.481 e. The van der Waals surface area contributed by atoms with Gasteiger partial charge in [0.2, 0.25) is 18.6 Å². The second-order valence-corrected chi connectivity index (χ2v) is 12.8. The first-order valence-electron chi connectivity index (χ1n) is 15.3. The molecule has 1 aromatic carbocycles. The van der Waals surface area contributed by atoms with Crippen LogP contribution >= 0.6 is 0 Å². The number of hydrogen-bond acceptors (Lipinski definition) is 6. The summed E-state index contributed by atoms with van der Waals surface area (Å²) in [5.41, 5.74) is 0.877. The number of benzene rings is 1. The molecule has 3 atom stereocenters. The maximum absolute atomic E-state index is 13.8. The summed E-state index contributed by atoms with van der Waals surface area (Å²) < 4.78 is 12.0. The van der Waals surface area contributed by atoms with Crippen LogP contribution in [0.3, 0.4) is 0 Å². The van der Waals surface area contributed by atoms with Crippen molar-refractivity contribution >= 4 is 17.8 Å². The Morgan fingerprint density at radius 1 is 1.10 bits per heavy atom. The summed E-state index contributed by atoms with van der Waals surface area (Å²) in [6.45, 7) is 6.64. The molecule has 2 fully saturated rings. The maximum atomic E-state index is 13.8. The van der Waals surface area contributed by atoms with E-state index in [1.165, 1.54) is 0 Å². The van der Waals surface area contributed by atoms with E-state index in [1.54, 1.807) is 0 Å². The summed E-state index contributed by atoms with van der Waals surface area (Å²) in [5.74, 6) is -0.404. The van der Waals surface area contributed by atoms with Gasteiger partial charge in [-0.15, -0.1) is 0 Å². The number of rotatable bonds is 15. The van der Waals surface area contributed by atoms with Crippen molar-refractivity contribution in [2.24, 2.45) is 5.92 Å². The lowest BCUT2D eigenvalue weighted by atomic mass is 9.84. The molecule has 10 heteroatoms. The van der Waals surface area contributed by atoms with Crippen LogP contribution in [0, 0.1) is 5.92 Å². The Hall–Kier alpha value is -2.85. The van der Waals surface area contributed by atoms with E-state index in [-0.39, 0.29) is 37.1 Å². The minimum absolute atomic E-state index is 0.0569. The number of carbonyl (C=O) groups excluding carboxylic acids is 2. The first-order chi connectivity index (χ1) is 19.6. The number of carboxylic acid groups (broad SMARTS) is 1. The highest BCUT2D eigenvalue weighted by molar-refractivity contribution is 5.79. The number of aliphatic carboxylic acids is 1. The number of quaternary nitrogens is 1. The van der Waals surface area contributed by atoms with Gasteiger partial charge in [0.25, 0.3) is 0 Å². The average molecular weight is 574 g/mol. The van der Waals surface area contributed by atoms with Gasteiger partial charge in [-0.25, -0.2) is 0 Å². The zero-order valence-corrected chi connectivity index (χ0v) is 25.3. The van der Waals surface area contributed by atoms with Crippen LogP contribution < -0.4 is 9.47 Å². The molecule has 1 N–H and O–H groups in total. The molecule has 0 saturated carbocycles. The van der Waals surface area contributed by atoms with Crippen LogP contribution in [-0.2, 0) is 14.4 Å².